The molecule has 0 saturated carbocycles. The number of halogens is 1. The number of nitrogens with one attached hydrogen (secondary N) is 1. The Balaban J connectivity index is 1.65. The van der Waals surface area contributed by atoms with Gasteiger partial charge in [0.05, 0.1) is 19.9 Å². The number of hydrazone groups is 1. The molecular weight excluding hydrogens is 348 g/mol. The molecule has 2 aromatic carbocycles. The predicted octanol–water partition coefficient (Wildman–Crippen LogP) is 3.31. The van der Waals surface area contributed by atoms with E-state index < -0.39 is 0 Å². The standard InChI is InChI=1S/C16H15BrN2O3/c1-20-14-5-3-2-4-11(14)8-18-19-9-12-6-15-16(7-13(12)17)22-10-21-15/h2-7,9,18H,8,10H2,1H3/b19-9-. The maximum Gasteiger partial charge on any atom is 0.231 e. The van der Waals surface area contributed by atoms with Crippen LogP contribution < -0.4 is 19.6 Å². The summed E-state index contributed by atoms with van der Waals surface area (Å²) in [6.45, 7) is 0.844. The van der Waals surface area contributed by atoms with Gasteiger partial charge in [-0.25, -0.2) is 0 Å². The van der Waals surface area contributed by atoms with E-state index in [0.29, 0.717) is 6.54 Å². The van der Waals surface area contributed by atoms with E-state index in [1.54, 1.807) is 13.3 Å². The van der Waals surface area contributed by atoms with Crippen molar-refractivity contribution in [3.05, 3.63) is 52.0 Å². The molecular formula is C16H15BrN2O3. The molecule has 0 amide bonds. The first kappa shape index (κ1) is 14.7. The zero-order valence-electron chi connectivity index (χ0n) is 12.0. The van der Waals surface area contributed by atoms with Gasteiger partial charge in [-0.15, -0.1) is 0 Å². The Hall–Kier alpha value is -2.21. The number of benzene rings is 2. The zero-order chi connectivity index (χ0) is 15.4. The van der Waals surface area contributed by atoms with Crippen LogP contribution in [0.4, 0.5) is 0 Å². The highest BCUT2D eigenvalue weighted by Gasteiger charge is 2.15. The number of hydrogen-bond donors (Lipinski definition) is 1. The molecule has 0 atom stereocenters. The summed E-state index contributed by atoms with van der Waals surface area (Å²) in [4.78, 5) is 0. The lowest BCUT2D eigenvalue weighted by Gasteiger charge is -2.07. The van der Waals surface area contributed by atoms with Crippen LogP contribution in [0.2, 0.25) is 0 Å². The van der Waals surface area contributed by atoms with Crippen molar-refractivity contribution >= 4 is 22.1 Å². The fourth-order valence-corrected chi connectivity index (χ4v) is 2.55. The van der Waals surface area contributed by atoms with Crippen molar-refractivity contribution in [3.8, 4) is 17.2 Å². The number of methoxy groups -OCH3 is 1. The minimum Gasteiger partial charge on any atom is -0.496 e. The summed E-state index contributed by atoms with van der Waals surface area (Å²) in [7, 11) is 1.66. The smallest absolute Gasteiger partial charge is 0.231 e. The summed E-state index contributed by atoms with van der Waals surface area (Å²) >= 11 is 3.50. The van der Waals surface area contributed by atoms with Crippen LogP contribution in [0.3, 0.4) is 0 Å². The Morgan fingerprint density at radius 3 is 2.86 bits per heavy atom. The third kappa shape index (κ3) is 3.17. The number of rotatable bonds is 5. The van der Waals surface area contributed by atoms with Crippen LogP contribution in [0.15, 0.2) is 46.0 Å². The van der Waals surface area contributed by atoms with Crippen molar-refractivity contribution in [1.82, 2.24) is 5.43 Å². The second kappa shape index (κ2) is 6.70. The average molecular weight is 363 g/mol. The van der Waals surface area contributed by atoms with Gasteiger partial charge in [-0.3, -0.25) is 0 Å². The predicted molar refractivity (Wildman–Crippen MR) is 87.7 cm³/mol. The van der Waals surface area contributed by atoms with Crippen LogP contribution in [0.1, 0.15) is 11.1 Å². The van der Waals surface area contributed by atoms with E-state index in [1.807, 2.05) is 36.4 Å². The van der Waals surface area contributed by atoms with Gasteiger partial charge in [0.1, 0.15) is 5.75 Å². The summed E-state index contributed by atoms with van der Waals surface area (Å²) in [5.41, 5.74) is 4.98. The van der Waals surface area contributed by atoms with Gasteiger partial charge >= 0.3 is 0 Å². The summed E-state index contributed by atoms with van der Waals surface area (Å²) in [6, 6.07) is 11.6. The van der Waals surface area contributed by atoms with E-state index in [4.69, 9.17) is 14.2 Å². The van der Waals surface area contributed by atoms with Crippen molar-refractivity contribution in [2.45, 2.75) is 6.54 Å². The summed E-state index contributed by atoms with van der Waals surface area (Å²) < 4.78 is 16.9. The van der Waals surface area contributed by atoms with Crippen LogP contribution in [-0.4, -0.2) is 20.1 Å². The number of nitrogens with zero attached hydrogens (tertiary/aromatic N) is 1. The fraction of sp³-hybridized carbons (Fsp3) is 0.188. The van der Waals surface area contributed by atoms with Gasteiger partial charge in [-0.05, 0) is 34.1 Å². The molecule has 114 valence electrons. The van der Waals surface area contributed by atoms with E-state index in [2.05, 4.69) is 26.5 Å². The summed E-state index contributed by atoms with van der Waals surface area (Å²) in [5, 5.41) is 4.24. The number of hydrogen-bond acceptors (Lipinski definition) is 5. The average Bonchev–Trinajstić information content (AvgIpc) is 2.99. The highest BCUT2D eigenvalue weighted by atomic mass is 79.9. The summed E-state index contributed by atoms with van der Waals surface area (Å²) in [6.07, 6.45) is 1.74. The number of para-hydroxylation sites is 1. The molecule has 3 rings (SSSR count). The Kier molecular flexibility index (Phi) is 4.48. The van der Waals surface area contributed by atoms with Gasteiger partial charge < -0.3 is 19.6 Å². The van der Waals surface area contributed by atoms with Gasteiger partial charge in [-0.1, -0.05) is 18.2 Å². The van der Waals surface area contributed by atoms with Crippen molar-refractivity contribution in [3.63, 3.8) is 0 Å². The third-order valence-electron chi connectivity index (χ3n) is 3.25. The maximum absolute atomic E-state index is 5.36. The topological polar surface area (TPSA) is 52.1 Å². The lowest BCUT2D eigenvalue weighted by molar-refractivity contribution is 0.174. The first-order chi connectivity index (χ1) is 10.8. The van der Waals surface area contributed by atoms with Crippen molar-refractivity contribution in [2.75, 3.05) is 13.9 Å². The molecule has 1 aliphatic rings. The van der Waals surface area contributed by atoms with Crippen LogP contribution in [-0.2, 0) is 6.54 Å². The Labute approximate surface area is 137 Å². The molecule has 0 unspecified atom stereocenters. The maximum atomic E-state index is 5.36. The molecule has 1 aliphatic heterocycles. The molecule has 0 aromatic heterocycles. The van der Waals surface area contributed by atoms with Gasteiger partial charge in [0.25, 0.3) is 0 Å². The van der Waals surface area contributed by atoms with Gasteiger partial charge in [-0.2, -0.15) is 5.10 Å². The molecule has 0 bridgehead atoms. The quantitative estimate of drug-likeness (QED) is 0.654. The second-order valence-electron chi connectivity index (χ2n) is 4.63. The minimum atomic E-state index is 0.258. The Bertz CT molecular complexity index is 704. The molecule has 0 fully saturated rings. The Morgan fingerprint density at radius 2 is 2.05 bits per heavy atom. The molecule has 5 nitrogen and oxygen atoms in total. The monoisotopic (exact) mass is 362 g/mol. The number of fused-ring (bicyclic) bond motifs is 1. The fourth-order valence-electron chi connectivity index (χ4n) is 2.13. The molecule has 2 aromatic rings. The highest BCUT2D eigenvalue weighted by molar-refractivity contribution is 9.10. The molecule has 22 heavy (non-hydrogen) atoms. The molecule has 0 aliphatic carbocycles. The van der Waals surface area contributed by atoms with E-state index >= 15 is 0 Å². The van der Waals surface area contributed by atoms with E-state index in [0.717, 1.165) is 32.8 Å². The lowest BCUT2D eigenvalue weighted by Crippen LogP contribution is -2.07. The minimum absolute atomic E-state index is 0.258. The molecule has 1 N–H and O–H groups in total. The van der Waals surface area contributed by atoms with Crippen molar-refractivity contribution in [1.29, 1.82) is 0 Å². The highest BCUT2D eigenvalue weighted by Crippen LogP contribution is 2.36. The molecule has 0 radical (unpaired) electrons. The molecule has 0 saturated heterocycles. The van der Waals surface area contributed by atoms with Gasteiger partial charge in [0.2, 0.25) is 6.79 Å². The third-order valence-corrected chi connectivity index (χ3v) is 3.94. The normalized spacial score (nSPS) is 12.6. The SMILES string of the molecule is COc1ccccc1CN/N=C\c1cc2c(cc1Br)OCO2. The Morgan fingerprint density at radius 1 is 1.27 bits per heavy atom. The first-order valence-electron chi connectivity index (χ1n) is 6.75. The van der Waals surface area contributed by atoms with Crippen molar-refractivity contribution < 1.29 is 14.2 Å². The van der Waals surface area contributed by atoms with Crippen LogP contribution in [0, 0.1) is 0 Å². The van der Waals surface area contributed by atoms with Gasteiger partial charge in [0.15, 0.2) is 11.5 Å². The zero-order valence-corrected chi connectivity index (χ0v) is 13.6. The largest absolute Gasteiger partial charge is 0.496 e. The first-order valence-corrected chi connectivity index (χ1v) is 7.54. The van der Waals surface area contributed by atoms with E-state index in [1.165, 1.54) is 0 Å². The molecule has 0 spiro atoms. The van der Waals surface area contributed by atoms with E-state index in [-0.39, 0.29) is 6.79 Å². The van der Waals surface area contributed by atoms with Gasteiger partial charge in [0, 0.05) is 15.6 Å². The van der Waals surface area contributed by atoms with Crippen LogP contribution >= 0.6 is 15.9 Å². The second-order valence-corrected chi connectivity index (χ2v) is 5.49. The van der Waals surface area contributed by atoms with Crippen molar-refractivity contribution in [2.24, 2.45) is 5.10 Å². The molecule has 6 heteroatoms. The van der Waals surface area contributed by atoms with Crippen LogP contribution in [0.25, 0.3) is 0 Å². The number of ether oxygens (including phenoxy) is 3. The molecule has 1 heterocycles. The van der Waals surface area contributed by atoms with Crippen LogP contribution in [0.5, 0.6) is 17.2 Å². The lowest BCUT2D eigenvalue weighted by atomic mass is 10.2. The van der Waals surface area contributed by atoms with E-state index in [9.17, 15) is 0 Å². The summed E-state index contributed by atoms with van der Waals surface area (Å²) in [5.74, 6) is 2.31.